The second-order valence-corrected chi connectivity index (χ2v) is 4.65. The van der Waals surface area contributed by atoms with Crippen LogP contribution in [0.1, 0.15) is 18.4 Å². The Morgan fingerprint density at radius 2 is 2.06 bits per heavy atom. The van der Waals surface area contributed by atoms with E-state index in [4.69, 9.17) is 4.74 Å². The van der Waals surface area contributed by atoms with E-state index in [1.165, 1.54) is 0 Å². The normalized spacial score (nSPS) is 16.5. The van der Waals surface area contributed by atoms with Gasteiger partial charge in [0.25, 0.3) is 0 Å². The zero-order valence-electron chi connectivity index (χ0n) is 10.6. The van der Waals surface area contributed by atoms with E-state index in [2.05, 4.69) is 0 Å². The summed E-state index contributed by atoms with van der Waals surface area (Å²) in [6, 6.07) is 7.24. The van der Waals surface area contributed by atoms with Crippen LogP contribution in [0.25, 0.3) is 0 Å². The van der Waals surface area contributed by atoms with Crippen molar-refractivity contribution < 1.29 is 14.6 Å². The highest BCUT2D eigenvalue weighted by molar-refractivity contribution is 5.79. The Balaban J connectivity index is 1.97. The molecule has 0 atom stereocenters. The molecule has 1 aliphatic heterocycles. The number of hydrogen-bond acceptors (Lipinski definition) is 3. The van der Waals surface area contributed by atoms with Crippen LogP contribution in [0.3, 0.4) is 0 Å². The quantitative estimate of drug-likeness (QED) is 0.884. The Morgan fingerprint density at radius 1 is 1.39 bits per heavy atom. The van der Waals surface area contributed by atoms with Crippen molar-refractivity contribution in [2.45, 2.75) is 25.3 Å². The van der Waals surface area contributed by atoms with Gasteiger partial charge in [-0.15, -0.1) is 0 Å². The van der Waals surface area contributed by atoms with Gasteiger partial charge in [-0.2, -0.15) is 0 Å². The number of ether oxygens (including phenoxy) is 1. The molecule has 1 aromatic carbocycles. The standard InChI is InChI=1S/C14H19NO3/c1-15(12-6-8-18-9-7-12)14(17)10-11-4-2-3-5-13(11)16/h2-5,12,16H,6-10H2,1H3. The highest BCUT2D eigenvalue weighted by Gasteiger charge is 2.22. The number of aromatic hydroxyl groups is 1. The minimum absolute atomic E-state index is 0.0448. The molecular formula is C14H19NO3. The second kappa shape index (κ2) is 5.87. The van der Waals surface area contributed by atoms with E-state index < -0.39 is 0 Å². The Morgan fingerprint density at radius 3 is 2.72 bits per heavy atom. The highest BCUT2D eigenvalue weighted by atomic mass is 16.5. The molecule has 4 heteroatoms. The summed E-state index contributed by atoms with van der Waals surface area (Å²) < 4.78 is 5.29. The van der Waals surface area contributed by atoms with Gasteiger partial charge in [0.05, 0.1) is 6.42 Å². The van der Waals surface area contributed by atoms with Crippen LogP contribution in [0, 0.1) is 0 Å². The average molecular weight is 249 g/mol. The van der Waals surface area contributed by atoms with E-state index in [9.17, 15) is 9.90 Å². The molecule has 1 fully saturated rings. The molecule has 0 radical (unpaired) electrons. The van der Waals surface area contributed by atoms with Gasteiger partial charge < -0.3 is 14.7 Å². The van der Waals surface area contributed by atoms with Gasteiger partial charge in [0.15, 0.2) is 0 Å². The van der Waals surface area contributed by atoms with Crippen molar-refractivity contribution in [3.05, 3.63) is 29.8 Å². The maximum absolute atomic E-state index is 12.1. The third kappa shape index (κ3) is 3.01. The van der Waals surface area contributed by atoms with Crippen LogP contribution in [0.15, 0.2) is 24.3 Å². The predicted molar refractivity (Wildman–Crippen MR) is 68.4 cm³/mol. The number of nitrogens with zero attached hydrogens (tertiary/aromatic N) is 1. The first-order chi connectivity index (χ1) is 8.68. The van der Waals surface area contributed by atoms with Gasteiger partial charge >= 0.3 is 0 Å². The van der Waals surface area contributed by atoms with Crippen molar-refractivity contribution in [2.24, 2.45) is 0 Å². The molecule has 1 saturated heterocycles. The first-order valence-corrected chi connectivity index (χ1v) is 6.29. The molecule has 1 amide bonds. The monoisotopic (exact) mass is 249 g/mol. The number of amides is 1. The van der Waals surface area contributed by atoms with E-state index in [0.717, 1.165) is 26.1 Å². The van der Waals surface area contributed by atoms with Crippen LogP contribution >= 0.6 is 0 Å². The largest absolute Gasteiger partial charge is 0.508 e. The lowest BCUT2D eigenvalue weighted by Gasteiger charge is -2.31. The molecule has 18 heavy (non-hydrogen) atoms. The molecule has 0 unspecified atom stereocenters. The smallest absolute Gasteiger partial charge is 0.227 e. The van der Waals surface area contributed by atoms with Gasteiger partial charge in [-0.3, -0.25) is 4.79 Å². The van der Waals surface area contributed by atoms with E-state index in [0.29, 0.717) is 5.56 Å². The van der Waals surface area contributed by atoms with E-state index >= 15 is 0 Å². The summed E-state index contributed by atoms with van der Waals surface area (Å²) in [5, 5.41) is 9.66. The van der Waals surface area contributed by atoms with Crippen LogP contribution in [-0.2, 0) is 16.0 Å². The average Bonchev–Trinajstić information content (AvgIpc) is 2.41. The molecular weight excluding hydrogens is 230 g/mol. The number of para-hydroxylation sites is 1. The lowest BCUT2D eigenvalue weighted by Crippen LogP contribution is -2.41. The van der Waals surface area contributed by atoms with Crippen molar-refractivity contribution in [3.63, 3.8) is 0 Å². The number of carbonyl (C=O) groups is 1. The fourth-order valence-electron chi connectivity index (χ4n) is 2.22. The lowest BCUT2D eigenvalue weighted by molar-refractivity contribution is -0.132. The fraction of sp³-hybridized carbons (Fsp3) is 0.500. The number of hydrogen-bond donors (Lipinski definition) is 1. The van der Waals surface area contributed by atoms with Gasteiger partial charge in [0.1, 0.15) is 5.75 Å². The SMILES string of the molecule is CN(C(=O)Cc1ccccc1O)C1CCOCC1. The summed E-state index contributed by atoms with van der Waals surface area (Å²) in [4.78, 5) is 13.9. The first kappa shape index (κ1) is 12.9. The maximum atomic E-state index is 12.1. The number of benzene rings is 1. The van der Waals surface area contributed by atoms with Crippen molar-refractivity contribution in [1.82, 2.24) is 4.90 Å². The molecule has 0 spiro atoms. The molecule has 1 aliphatic rings. The zero-order chi connectivity index (χ0) is 13.0. The minimum Gasteiger partial charge on any atom is -0.508 e. The number of phenolic OH excluding ortho intramolecular Hbond substituents is 1. The predicted octanol–water partition coefficient (Wildman–Crippen LogP) is 1.57. The third-order valence-corrected chi connectivity index (χ3v) is 3.47. The van der Waals surface area contributed by atoms with Crippen LogP contribution < -0.4 is 0 Å². The fourth-order valence-corrected chi connectivity index (χ4v) is 2.22. The van der Waals surface area contributed by atoms with Gasteiger partial charge in [0, 0.05) is 31.9 Å². The Kier molecular flexibility index (Phi) is 4.20. The molecule has 1 N–H and O–H groups in total. The maximum Gasteiger partial charge on any atom is 0.227 e. The summed E-state index contributed by atoms with van der Waals surface area (Å²) in [7, 11) is 1.83. The van der Waals surface area contributed by atoms with Crippen LogP contribution in [-0.4, -0.2) is 42.2 Å². The molecule has 1 aromatic rings. The Labute approximate surface area is 107 Å². The summed E-state index contributed by atoms with van der Waals surface area (Å²) in [5.74, 6) is 0.231. The summed E-state index contributed by atoms with van der Waals surface area (Å²) in [5.41, 5.74) is 0.682. The van der Waals surface area contributed by atoms with Crippen molar-refractivity contribution in [2.75, 3.05) is 20.3 Å². The second-order valence-electron chi connectivity index (χ2n) is 4.65. The van der Waals surface area contributed by atoms with Crippen LogP contribution in [0.2, 0.25) is 0 Å². The Bertz CT molecular complexity index is 413. The molecule has 0 aromatic heterocycles. The number of rotatable bonds is 3. The van der Waals surface area contributed by atoms with E-state index in [1.807, 2.05) is 13.1 Å². The summed E-state index contributed by atoms with van der Waals surface area (Å²) >= 11 is 0. The van der Waals surface area contributed by atoms with Gasteiger partial charge in [-0.1, -0.05) is 18.2 Å². The summed E-state index contributed by atoms with van der Waals surface area (Å²) in [6.07, 6.45) is 2.03. The van der Waals surface area contributed by atoms with Gasteiger partial charge in [-0.05, 0) is 18.9 Å². The highest BCUT2D eigenvalue weighted by Crippen LogP contribution is 2.19. The lowest BCUT2D eigenvalue weighted by atomic mass is 10.1. The van der Waals surface area contributed by atoms with Crippen LogP contribution in [0.4, 0.5) is 0 Å². The first-order valence-electron chi connectivity index (χ1n) is 6.29. The number of phenols is 1. The Hall–Kier alpha value is -1.55. The van der Waals surface area contributed by atoms with E-state index in [1.54, 1.807) is 23.1 Å². The molecule has 2 rings (SSSR count). The zero-order valence-corrected chi connectivity index (χ0v) is 10.6. The molecule has 0 saturated carbocycles. The van der Waals surface area contributed by atoms with Gasteiger partial charge in [0.2, 0.25) is 5.91 Å². The minimum atomic E-state index is 0.0448. The van der Waals surface area contributed by atoms with Crippen molar-refractivity contribution in [1.29, 1.82) is 0 Å². The molecule has 4 nitrogen and oxygen atoms in total. The third-order valence-electron chi connectivity index (χ3n) is 3.47. The van der Waals surface area contributed by atoms with Gasteiger partial charge in [-0.25, -0.2) is 0 Å². The van der Waals surface area contributed by atoms with Crippen molar-refractivity contribution in [3.8, 4) is 5.75 Å². The summed E-state index contributed by atoms with van der Waals surface area (Å²) in [6.45, 7) is 1.44. The number of carbonyl (C=O) groups excluding carboxylic acids is 1. The van der Waals surface area contributed by atoms with E-state index in [-0.39, 0.29) is 24.1 Å². The van der Waals surface area contributed by atoms with Crippen LogP contribution in [0.5, 0.6) is 5.75 Å². The molecule has 0 aliphatic carbocycles. The topological polar surface area (TPSA) is 49.8 Å². The molecule has 0 bridgehead atoms. The molecule has 98 valence electrons. The van der Waals surface area contributed by atoms with Crippen molar-refractivity contribution >= 4 is 5.91 Å². The molecule has 1 heterocycles. The number of likely N-dealkylation sites (N-methyl/N-ethyl adjacent to an activating group) is 1.